The van der Waals surface area contributed by atoms with E-state index >= 15 is 0 Å². The van der Waals surface area contributed by atoms with Crippen LogP contribution < -0.4 is 0 Å². The lowest BCUT2D eigenvalue weighted by atomic mass is 10.2. The Bertz CT molecular complexity index is 121. The minimum absolute atomic E-state index is 0.399. The standard InChI is InChI=1S/C13H31NOSi/c1-4-6-8-10-12-14(16-15-3)13-11-9-7-5-2/h4-13,16H2,1-3H3. The van der Waals surface area contributed by atoms with E-state index in [2.05, 4.69) is 18.4 Å². The molecule has 0 atom stereocenters. The van der Waals surface area contributed by atoms with Gasteiger partial charge < -0.3 is 8.99 Å². The molecule has 0 aromatic rings. The molecule has 0 rings (SSSR count). The third-order valence-corrected chi connectivity index (χ3v) is 4.22. The monoisotopic (exact) mass is 245 g/mol. The van der Waals surface area contributed by atoms with E-state index in [1.807, 2.05) is 7.11 Å². The fraction of sp³-hybridized carbons (Fsp3) is 1.00. The number of hydrogen-bond donors (Lipinski definition) is 0. The zero-order valence-corrected chi connectivity index (χ0v) is 13.0. The summed E-state index contributed by atoms with van der Waals surface area (Å²) in [6.45, 7) is 7.08. The number of unbranched alkanes of at least 4 members (excludes halogenated alkanes) is 6. The van der Waals surface area contributed by atoms with Crippen molar-refractivity contribution in [1.82, 2.24) is 4.57 Å². The van der Waals surface area contributed by atoms with Crippen molar-refractivity contribution in [3.8, 4) is 0 Å². The fourth-order valence-corrected chi connectivity index (χ4v) is 3.02. The van der Waals surface area contributed by atoms with Gasteiger partial charge in [0.1, 0.15) is 0 Å². The molecule has 0 fully saturated rings. The molecule has 0 aromatic heterocycles. The van der Waals surface area contributed by atoms with Crippen molar-refractivity contribution in [2.24, 2.45) is 0 Å². The minimum atomic E-state index is -0.399. The molecule has 0 saturated heterocycles. The average Bonchev–Trinajstić information content (AvgIpc) is 2.30. The summed E-state index contributed by atoms with van der Waals surface area (Å²) < 4.78 is 7.97. The molecule has 0 radical (unpaired) electrons. The predicted octanol–water partition coefficient (Wildman–Crippen LogP) is 3.09. The molecule has 0 unspecified atom stereocenters. The van der Waals surface area contributed by atoms with Crippen LogP contribution in [0.3, 0.4) is 0 Å². The first-order chi connectivity index (χ1) is 7.85. The molecule has 0 saturated carbocycles. The topological polar surface area (TPSA) is 12.5 Å². The first-order valence-corrected chi connectivity index (χ1v) is 8.27. The van der Waals surface area contributed by atoms with Gasteiger partial charge in [-0.05, 0) is 25.9 Å². The molecule has 0 heterocycles. The lowest BCUT2D eigenvalue weighted by molar-refractivity contribution is 0.325. The summed E-state index contributed by atoms with van der Waals surface area (Å²) in [6, 6.07) is 0. The SMILES string of the molecule is CCCCCCN(CCCCCC)[SiH2]OC. The molecular formula is C13H31NOSi. The Morgan fingerprint density at radius 2 is 1.31 bits per heavy atom. The van der Waals surface area contributed by atoms with Gasteiger partial charge in [-0.1, -0.05) is 52.4 Å². The Balaban J connectivity index is 3.45. The Morgan fingerprint density at radius 1 is 0.812 bits per heavy atom. The highest BCUT2D eigenvalue weighted by Crippen LogP contribution is 2.04. The zero-order chi connectivity index (χ0) is 12.1. The molecule has 3 heteroatoms. The van der Waals surface area contributed by atoms with Gasteiger partial charge in [0.15, 0.2) is 0 Å². The quantitative estimate of drug-likeness (QED) is 0.387. The molecule has 0 aliphatic rings. The van der Waals surface area contributed by atoms with Crippen LogP contribution in [0.4, 0.5) is 0 Å². The molecule has 2 nitrogen and oxygen atoms in total. The Kier molecular flexibility index (Phi) is 13.3. The predicted molar refractivity (Wildman–Crippen MR) is 75.4 cm³/mol. The molecule has 0 amide bonds. The van der Waals surface area contributed by atoms with Crippen LogP contribution >= 0.6 is 0 Å². The maximum absolute atomic E-state index is 5.38. The Hall–Kier alpha value is 0.137. The van der Waals surface area contributed by atoms with Crippen LogP contribution in [0.25, 0.3) is 0 Å². The van der Waals surface area contributed by atoms with Crippen LogP contribution in [-0.2, 0) is 4.43 Å². The molecule has 0 aliphatic carbocycles. The molecular weight excluding hydrogens is 214 g/mol. The summed E-state index contributed by atoms with van der Waals surface area (Å²) in [5.74, 6) is 0. The van der Waals surface area contributed by atoms with Gasteiger partial charge in [-0.2, -0.15) is 0 Å². The summed E-state index contributed by atoms with van der Waals surface area (Å²) in [4.78, 5) is 0. The third-order valence-electron chi connectivity index (χ3n) is 2.97. The van der Waals surface area contributed by atoms with Crippen LogP contribution in [0.15, 0.2) is 0 Å². The van der Waals surface area contributed by atoms with Gasteiger partial charge in [0.25, 0.3) is 0 Å². The van der Waals surface area contributed by atoms with E-state index in [9.17, 15) is 0 Å². The van der Waals surface area contributed by atoms with Gasteiger partial charge in [-0.15, -0.1) is 0 Å². The molecule has 0 N–H and O–H groups in total. The highest BCUT2D eigenvalue weighted by Gasteiger charge is 2.03. The third kappa shape index (κ3) is 10.6. The fourth-order valence-electron chi connectivity index (χ4n) is 1.95. The molecule has 0 bridgehead atoms. The van der Waals surface area contributed by atoms with Gasteiger partial charge in [0, 0.05) is 7.11 Å². The molecule has 98 valence electrons. The second-order valence-electron chi connectivity index (χ2n) is 4.66. The Labute approximate surface area is 105 Å². The van der Waals surface area contributed by atoms with E-state index in [1.54, 1.807) is 0 Å². The molecule has 0 spiro atoms. The zero-order valence-electron chi connectivity index (χ0n) is 11.6. The molecule has 0 aliphatic heterocycles. The second-order valence-corrected chi connectivity index (χ2v) is 6.39. The van der Waals surface area contributed by atoms with E-state index < -0.39 is 9.92 Å². The minimum Gasteiger partial charge on any atom is -0.411 e. The molecule has 16 heavy (non-hydrogen) atoms. The van der Waals surface area contributed by atoms with Crippen LogP contribution in [0, 0.1) is 0 Å². The van der Waals surface area contributed by atoms with Crippen molar-refractivity contribution in [3.05, 3.63) is 0 Å². The van der Waals surface area contributed by atoms with Crippen LogP contribution in [-0.4, -0.2) is 34.7 Å². The number of nitrogens with zero attached hydrogens (tertiary/aromatic N) is 1. The Morgan fingerprint density at radius 3 is 1.69 bits per heavy atom. The van der Waals surface area contributed by atoms with E-state index in [4.69, 9.17) is 4.43 Å². The van der Waals surface area contributed by atoms with E-state index in [1.165, 1.54) is 64.5 Å². The second kappa shape index (κ2) is 13.2. The van der Waals surface area contributed by atoms with Crippen molar-refractivity contribution in [3.63, 3.8) is 0 Å². The van der Waals surface area contributed by atoms with Crippen LogP contribution in [0.1, 0.15) is 65.2 Å². The van der Waals surface area contributed by atoms with Gasteiger partial charge in [-0.25, -0.2) is 0 Å². The lowest BCUT2D eigenvalue weighted by Gasteiger charge is -2.20. The highest BCUT2D eigenvalue weighted by atomic mass is 28.2. The first kappa shape index (κ1) is 16.1. The van der Waals surface area contributed by atoms with Crippen LogP contribution in [0.2, 0.25) is 0 Å². The van der Waals surface area contributed by atoms with Crippen molar-refractivity contribution >= 4 is 9.92 Å². The lowest BCUT2D eigenvalue weighted by Crippen LogP contribution is -2.31. The van der Waals surface area contributed by atoms with Crippen LogP contribution in [0.5, 0.6) is 0 Å². The summed E-state index contributed by atoms with van der Waals surface area (Å²) in [5, 5.41) is 0. The van der Waals surface area contributed by atoms with Gasteiger partial charge in [0.05, 0.1) is 0 Å². The largest absolute Gasteiger partial charge is 0.411 e. The van der Waals surface area contributed by atoms with E-state index in [0.29, 0.717) is 0 Å². The maximum atomic E-state index is 5.38. The summed E-state index contributed by atoms with van der Waals surface area (Å²) >= 11 is 0. The average molecular weight is 245 g/mol. The smallest absolute Gasteiger partial charge is 0.238 e. The summed E-state index contributed by atoms with van der Waals surface area (Å²) in [7, 11) is 1.46. The van der Waals surface area contributed by atoms with Gasteiger partial charge in [-0.3, -0.25) is 0 Å². The summed E-state index contributed by atoms with van der Waals surface area (Å²) in [6.07, 6.45) is 10.9. The van der Waals surface area contributed by atoms with Crippen molar-refractivity contribution in [1.29, 1.82) is 0 Å². The maximum Gasteiger partial charge on any atom is 0.238 e. The van der Waals surface area contributed by atoms with E-state index in [-0.39, 0.29) is 0 Å². The van der Waals surface area contributed by atoms with Crippen molar-refractivity contribution in [2.75, 3.05) is 20.2 Å². The normalized spacial score (nSPS) is 12.0. The first-order valence-electron chi connectivity index (χ1n) is 7.06. The number of hydrogen-bond acceptors (Lipinski definition) is 2. The highest BCUT2D eigenvalue weighted by molar-refractivity contribution is 6.23. The van der Waals surface area contributed by atoms with Gasteiger partial charge in [0.2, 0.25) is 9.92 Å². The van der Waals surface area contributed by atoms with E-state index in [0.717, 1.165) is 0 Å². The number of rotatable bonds is 12. The summed E-state index contributed by atoms with van der Waals surface area (Å²) in [5.41, 5.74) is 0. The molecule has 0 aromatic carbocycles. The van der Waals surface area contributed by atoms with Gasteiger partial charge >= 0.3 is 0 Å². The van der Waals surface area contributed by atoms with Crippen molar-refractivity contribution < 1.29 is 4.43 Å². The van der Waals surface area contributed by atoms with Crippen molar-refractivity contribution in [2.45, 2.75) is 65.2 Å².